The molecule has 0 aliphatic rings. The highest BCUT2D eigenvalue weighted by Crippen LogP contribution is 2.23. The van der Waals surface area contributed by atoms with Gasteiger partial charge in [0.05, 0.1) is 11.0 Å². The van der Waals surface area contributed by atoms with Crippen molar-refractivity contribution in [2.24, 2.45) is 0 Å². The Kier molecular flexibility index (Phi) is 2.89. The van der Waals surface area contributed by atoms with E-state index in [0.717, 1.165) is 21.1 Å². The number of imidazole rings is 1. The summed E-state index contributed by atoms with van der Waals surface area (Å²) in [5.41, 5.74) is 2.59. The summed E-state index contributed by atoms with van der Waals surface area (Å²) in [5, 5.41) is 10.3. The lowest BCUT2D eigenvalue weighted by Crippen LogP contribution is -2.01. The van der Waals surface area contributed by atoms with Crippen molar-refractivity contribution in [2.75, 3.05) is 0 Å². The summed E-state index contributed by atoms with van der Waals surface area (Å²) < 4.78 is 0.986. The molecule has 0 spiro atoms. The molecule has 0 bridgehead atoms. The van der Waals surface area contributed by atoms with Gasteiger partial charge in [-0.15, -0.1) is 0 Å². The van der Waals surface area contributed by atoms with E-state index in [1.807, 2.05) is 48.5 Å². The standard InChI is InChI=1S/C14H11BrN2O/c15-10-6-7-11-12(8-10)17-14(16-11)13(18)9-4-2-1-3-5-9/h1-8,13,18H,(H,16,17)/t13-/m0/s1. The molecule has 0 amide bonds. The molecule has 0 saturated carbocycles. The zero-order chi connectivity index (χ0) is 12.5. The first-order valence-electron chi connectivity index (χ1n) is 5.62. The van der Waals surface area contributed by atoms with Crippen LogP contribution in [0.4, 0.5) is 0 Å². The Hall–Kier alpha value is -1.65. The molecule has 2 N–H and O–H groups in total. The van der Waals surface area contributed by atoms with Gasteiger partial charge in [0.15, 0.2) is 0 Å². The van der Waals surface area contributed by atoms with Crippen LogP contribution in [0.1, 0.15) is 17.5 Å². The van der Waals surface area contributed by atoms with Crippen molar-refractivity contribution < 1.29 is 5.11 Å². The fraction of sp³-hybridized carbons (Fsp3) is 0.0714. The number of H-pyrrole nitrogens is 1. The number of hydrogen-bond acceptors (Lipinski definition) is 2. The molecule has 1 atom stereocenters. The van der Waals surface area contributed by atoms with Gasteiger partial charge >= 0.3 is 0 Å². The van der Waals surface area contributed by atoms with E-state index in [1.165, 1.54) is 0 Å². The molecule has 4 heteroatoms. The van der Waals surface area contributed by atoms with Crippen LogP contribution in [0, 0.1) is 0 Å². The van der Waals surface area contributed by atoms with E-state index in [9.17, 15) is 5.11 Å². The van der Waals surface area contributed by atoms with E-state index in [1.54, 1.807) is 0 Å². The van der Waals surface area contributed by atoms with E-state index in [2.05, 4.69) is 25.9 Å². The summed E-state index contributed by atoms with van der Waals surface area (Å²) in [4.78, 5) is 7.55. The van der Waals surface area contributed by atoms with Crippen LogP contribution in [0.15, 0.2) is 53.0 Å². The average Bonchev–Trinajstić information content (AvgIpc) is 2.81. The van der Waals surface area contributed by atoms with Gasteiger partial charge in [-0.25, -0.2) is 4.98 Å². The number of aromatic amines is 1. The van der Waals surface area contributed by atoms with Crippen molar-refractivity contribution in [1.82, 2.24) is 9.97 Å². The smallest absolute Gasteiger partial charge is 0.140 e. The summed E-state index contributed by atoms with van der Waals surface area (Å²) in [5.74, 6) is 0.564. The highest BCUT2D eigenvalue weighted by Gasteiger charge is 2.14. The molecule has 18 heavy (non-hydrogen) atoms. The number of halogens is 1. The van der Waals surface area contributed by atoms with Crippen LogP contribution in [0.25, 0.3) is 11.0 Å². The molecular weight excluding hydrogens is 292 g/mol. The zero-order valence-electron chi connectivity index (χ0n) is 9.47. The molecule has 1 aromatic heterocycles. The molecule has 0 fully saturated rings. The van der Waals surface area contributed by atoms with Crippen molar-refractivity contribution in [3.63, 3.8) is 0 Å². The Morgan fingerprint density at radius 3 is 2.67 bits per heavy atom. The van der Waals surface area contributed by atoms with Gasteiger partial charge in [-0.05, 0) is 23.8 Å². The second-order valence-corrected chi connectivity index (χ2v) is 5.01. The van der Waals surface area contributed by atoms with Crippen molar-refractivity contribution >= 4 is 27.0 Å². The van der Waals surface area contributed by atoms with Crippen molar-refractivity contribution in [3.05, 3.63) is 64.4 Å². The molecule has 0 aliphatic carbocycles. The molecule has 0 unspecified atom stereocenters. The predicted octanol–water partition coefficient (Wildman–Crippen LogP) is 3.41. The van der Waals surface area contributed by atoms with Crippen LogP contribution in [0.2, 0.25) is 0 Å². The van der Waals surface area contributed by atoms with Crippen molar-refractivity contribution in [2.45, 2.75) is 6.10 Å². The highest BCUT2D eigenvalue weighted by molar-refractivity contribution is 9.10. The van der Waals surface area contributed by atoms with Gasteiger partial charge in [0.25, 0.3) is 0 Å². The maximum absolute atomic E-state index is 10.3. The fourth-order valence-electron chi connectivity index (χ4n) is 1.92. The summed E-state index contributed by atoms with van der Waals surface area (Å²) in [6.45, 7) is 0. The largest absolute Gasteiger partial charge is 0.380 e. The van der Waals surface area contributed by atoms with Gasteiger partial charge in [0.2, 0.25) is 0 Å². The molecule has 3 rings (SSSR count). The molecule has 3 nitrogen and oxygen atoms in total. The zero-order valence-corrected chi connectivity index (χ0v) is 11.1. The van der Waals surface area contributed by atoms with E-state index >= 15 is 0 Å². The summed E-state index contributed by atoms with van der Waals surface area (Å²) in [7, 11) is 0. The number of rotatable bonds is 2. The third kappa shape index (κ3) is 2.05. The fourth-order valence-corrected chi connectivity index (χ4v) is 2.29. The first kappa shape index (κ1) is 11.4. The minimum absolute atomic E-state index is 0.564. The van der Waals surface area contributed by atoms with Crippen LogP contribution in [0.3, 0.4) is 0 Å². The monoisotopic (exact) mass is 302 g/mol. The summed E-state index contributed by atoms with van der Waals surface area (Å²) in [6.07, 6.45) is -0.725. The van der Waals surface area contributed by atoms with Gasteiger partial charge in [-0.3, -0.25) is 0 Å². The number of fused-ring (bicyclic) bond motifs is 1. The Labute approximate surface area is 113 Å². The third-order valence-electron chi connectivity index (χ3n) is 2.84. The summed E-state index contributed by atoms with van der Waals surface area (Å²) in [6, 6.07) is 15.3. The Morgan fingerprint density at radius 1 is 1.11 bits per heavy atom. The van der Waals surface area contributed by atoms with Gasteiger partial charge in [0.1, 0.15) is 11.9 Å². The van der Waals surface area contributed by atoms with Crippen LogP contribution in [-0.2, 0) is 0 Å². The molecular formula is C14H11BrN2O. The first-order chi connectivity index (χ1) is 8.74. The van der Waals surface area contributed by atoms with E-state index in [4.69, 9.17) is 0 Å². The number of aliphatic hydroxyl groups excluding tert-OH is 1. The van der Waals surface area contributed by atoms with E-state index in [0.29, 0.717) is 5.82 Å². The molecule has 1 heterocycles. The SMILES string of the molecule is O[C@@H](c1ccccc1)c1nc2ccc(Br)cc2[nH]1. The average molecular weight is 303 g/mol. The number of aromatic nitrogens is 2. The normalized spacial score (nSPS) is 12.8. The first-order valence-corrected chi connectivity index (χ1v) is 6.41. The Balaban J connectivity index is 2.04. The lowest BCUT2D eigenvalue weighted by Gasteiger charge is -2.06. The molecule has 0 radical (unpaired) electrons. The van der Waals surface area contributed by atoms with Crippen LogP contribution in [0.5, 0.6) is 0 Å². The molecule has 2 aromatic carbocycles. The quantitative estimate of drug-likeness (QED) is 0.762. The number of hydrogen-bond donors (Lipinski definition) is 2. The topological polar surface area (TPSA) is 48.9 Å². The molecule has 0 saturated heterocycles. The minimum Gasteiger partial charge on any atom is -0.380 e. The van der Waals surface area contributed by atoms with Crippen LogP contribution in [-0.4, -0.2) is 15.1 Å². The van der Waals surface area contributed by atoms with Crippen LogP contribution < -0.4 is 0 Å². The Bertz CT molecular complexity index is 679. The second kappa shape index (κ2) is 4.55. The maximum Gasteiger partial charge on any atom is 0.140 e. The second-order valence-electron chi connectivity index (χ2n) is 4.10. The highest BCUT2D eigenvalue weighted by atomic mass is 79.9. The number of nitrogens with zero attached hydrogens (tertiary/aromatic N) is 1. The minimum atomic E-state index is -0.725. The van der Waals surface area contributed by atoms with E-state index in [-0.39, 0.29) is 0 Å². The molecule has 90 valence electrons. The molecule has 0 aliphatic heterocycles. The van der Waals surface area contributed by atoms with Gasteiger partial charge in [-0.1, -0.05) is 46.3 Å². The lowest BCUT2D eigenvalue weighted by atomic mass is 10.1. The number of nitrogens with one attached hydrogen (secondary N) is 1. The van der Waals surface area contributed by atoms with Gasteiger partial charge in [-0.2, -0.15) is 0 Å². The van der Waals surface area contributed by atoms with Crippen LogP contribution >= 0.6 is 15.9 Å². The number of aliphatic hydroxyl groups is 1. The third-order valence-corrected chi connectivity index (χ3v) is 3.33. The van der Waals surface area contributed by atoms with Gasteiger partial charge in [0, 0.05) is 4.47 Å². The predicted molar refractivity (Wildman–Crippen MR) is 74.3 cm³/mol. The lowest BCUT2D eigenvalue weighted by molar-refractivity contribution is 0.211. The number of benzene rings is 2. The van der Waals surface area contributed by atoms with Crippen molar-refractivity contribution in [1.29, 1.82) is 0 Å². The van der Waals surface area contributed by atoms with E-state index < -0.39 is 6.10 Å². The summed E-state index contributed by atoms with van der Waals surface area (Å²) >= 11 is 3.41. The Morgan fingerprint density at radius 2 is 1.89 bits per heavy atom. The van der Waals surface area contributed by atoms with Crippen molar-refractivity contribution in [3.8, 4) is 0 Å². The van der Waals surface area contributed by atoms with Gasteiger partial charge < -0.3 is 10.1 Å². The molecule has 3 aromatic rings. The maximum atomic E-state index is 10.3.